The summed E-state index contributed by atoms with van der Waals surface area (Å²) in [5.41, 5.74) is 1.80. The van der Waals surface area contributed by atoms with E-state index in [9.17, 15) is 4.79 Å². The van der Waals surface area contributed by atoms with Gasteiger partial charge in [-0.3, -0.25) is 4.79 Å². The monoisotopic (exact) mass is 314 g/mol. The second-order valence-corrected chi connectivity index (χ2v) is 5.01. The first-order chi connectivity index (χ1) is 11.2. The van der Waals surface area contributed by atoms with Gasteiger partial charge in [-0.2, -0.15) is 0 Å². The summed E-state index contributed by atoms with van der Waals surface area (Å²) in [5.74, 6) is 1.48. The Labute approximate surface area is 136 Å². The minimum absolute atomic E-state index is 0.0842. The summed E-state index contributed by atoms with van der Waals surface area (Å²) in [5, 5.41) is 9.18. The smallest absolute Gasteiger partial charge is 0.221 e. The molecule has 0 aliphatic carbocycles. The third-order valence-corrected chi connectivity index (χ3v) is 3.02. The van der Waals surface area contributed by atoms with Gasteiger partial charge in [-0.25, -0.2) is 4.99 Å². The maximum Gasteiger partial charge on any atom is 0.221 e. The normalized spacial score (nSPS) is 11.1. The van der Waals surface area contributed by atoms with Crippen molar-refractivity contribution >= 4 is 17.6 Å². The lowest BCUT2D eigenvalue weighted by Crippen LogP contribution is -2.36. The molecule has 23 heavy (non-hydrogen) atoms. The first-order valence-corrected chi connectivity index (χ1v) is 7.58. The summed E-state index contributed by atoms with van der Waals surface area (Å²) in [6.45, 7) is 5.37. The molecule has 0 aliphatic rings. The Bertz CT molecular complexity index is 650. The third kappa shape index (κ3) is 5.86. The Morgan fingerprint density at radius 1 is 1.22 bits per heavy atom. The van der Waals surface area contributed by atoms with Gasteiger partial charge in [0.15, 0.2) is 5.96 Å². The van der Waals surface area contributed by atoms with Gasteiger partial charge in [-0.1, -0.05) is 12.1 Å². The number of guanidine groups is 1. The Hall–Kier alpha value is -2.76. The van der Waals surface area contributed by atoms with Gasteiger partial charge in [0.25, 0.3) is 0 Å². The topological polar surface area (TPSA) is 78.7 Å². The Morgan fingerprint density at radius 2 is 2.09 bits per heavy atom. The van der Waals surface area contributed by atoms with Crippen LogP contribution in [0, 0.1) is 0 Å². The number of aliphatic imine (C=N–C) groups is 1. The molecule has 1 aromatic heterocycles. The lowest BCUT2D eigenvalue weighted by atomic mass is 10.2. The largest absolute Gasteiger partial charge is 0.467 e. The highest BCUT2D eigenvalue weighted by molar-refractivity contribution is 5.88. The number of amides is 1. The standard InChI is InChI=1S/C17H22N4O2/c1-3-18-17(20-12-16-8-5-9-23-16)19-11-14-6-4-7-15(10-14)21-13(2)22/h4-10H,3,11-12H2,1-2H3,(H,21,22)(H2,18,19,20). The fraction of sp³-hybridized carbons (Fsp3) is 0.294. The number of rotatable bonds is 6. The van der Waals surface area contributed by atoms with Crippen LogP contribution in [-0.4, -0.2) is 18.4 Å². The van der Waals surface area contributed by atoms with Crippen molar-refractivity contribution in [3.8, 4) is 0 Å². The van der Waals surface area contributed by atoms with Gasteiger partial charge in [0.1, 0.15) is 5.76 Å². The van der Waals surface area contributed by atoms with E-state index in [-0.39, 0.29) is 5.91 Å². The first kappa shape index (κ1) is 16.6. The molecule has 6 nitrogen and oxygen atoms in total. The van der Waals surface area contributed by atoms with Crippen LogP contribution in [0.1, 0.15) is 25.2 Å². The number of anilines is 1. The van der Waals surface area contributed by atoms with Crippen LogP contribution in [0.5, 0.6) is 0 Å². The van der Waals surface area contributed by atoms with E-state index < -0.39 is 0 Å². The summed E-state index contributed by atoms with van der Waals surface area (Å²) < 4.78 is 5.29. The molecule has 2 aromatic rings. The maximum absolute atomic E-state index is 11.1. The maximum atomic E-state index is 11.1. The van der Waals surface area contributed by atoms with Crippen molar-refractivity contribution in [2.45, 2.75) is 26.9 Å². The van der Waals surface area contributed by atoms with Crippen LogP contribution in [0.2, 0.25) is 0 Å². The number of furan rings is 1. The molecule has 3 N–H and O–H groups in total. The van der Waals surface area contributed by atoms with Gasteiger partial charge >= 0.3 is 0 Å². The van der Waals surface area contributed by atoms with Gasteiger partial charge in [0.05, 0.1) is 19.4 Å². The molecule has 0 spiro atoms. The van der Waals surface area contributed by atoms with E-state index in [1.54, 1.807) is 6.26 Å². The van der Waals surface area contributed by atoms with Crippen molar-refractivity contribution < 1.29 is 9.21 Å². The van der Waals surface area contributed by atoms with Crippen molar-refractivity contribution in [3.05, 3.63) is 54.0 Å². The van der Waals surface area contributed by atoms with Crippen LogP contribution in [0.4, 0.5) is 5.69 Å². The van der Waals surface area contributed by atoms with Crippen LogP contribution >= 0.6 is 0 Å². The molecular weight excluding hydrogens is 292 g/mol. The van der Waals surface area contributed by atoms with E-state index >= 15 is 0 Å². The number of nitrogens with one attached hydrogen (secondary N) is 3. The van der Waals surface area contributed by atoms with E-state index in [0.29, 0.717) is 19.0 Å². The van der Waals surface area contributed by atoms with Crippen molar-refractivity contribution in [2.75, 3.05) is 11.9 Å². The molecule has 0 saturated heterocycles. The van der Waals surface area contributed by atoms with Crippen LogP contribution in [0.15, 0.2) is 52.1 Å². The number of carbonyl (C=O) groups excluding carboxylic acids is 1. The average molecular weight is 314 g/mol. The Kier molecular flexibility index (Phi) is 6.23. The average Bonchev–Trinajstić information content (AvgIpc) is 3.03. The van der Waals surface area contributed by atoms with E-state index in [2.05, 4.69) is 20.9 Å². The first-order valence-electron chi connectivity index (χ1n) is 7.58. The molecule has 6 heteroatoms. The molecule has 0 aliphatic heterocycles. The number of nitrogens with zero attached hydrogens (tertiary/aromatic N) is 1. The van der Waals surface area contributed by atoms with Crippen molar-refractivity contribution in [3.63, 3.8) is 0 Å². The molecule has 0 saturated carbocycles. The lowest BCUT2D eigenvalue weighted by Gasteiger charge is -2.10. The number of hydrogen-bond acceptors (Lipinski definition) is 3. The highest BCUT2D eigenvalue weighted by Gasteiger charge is 2.01. The Balaban J connectivity index is 1.97. The molecule has 0 unspecified atom stereocenters. The van der Waals surface area contributed by atoms with Crippen molar-refractivity contribution in [1.82, 2.24) is 10.6 Å². The van der Waals surface area contributed by atoms with Gasteiger partial charge in [-0.15, -0.1) is 0 Å². The van der Waals surface area contributed by atoms with Crippen LogP contribution < -0.4 is 16.0 Å². The minimum atomic E-state index is -0.0842. The fourth-order valence-electron chi connectivity index (χ4n) is 2.05. The lowest BCUT2D eigenvalue weighted by molar-refractivity contribution is -0.114. The summed E-state index contributed by atoms with van der Waals surface area (Å²) >= 11 is 0. The second kappa shape index (κ2) is 8.63. The van der Waals surface area contributed by atoms with E-state index in [0.717, 1.165) is 23.6 Å². The number of benzene rings is 1. The van der Waals surface area contributed by atoms with Crippen molar-refractivity contribution in [1.29, 1.82) is 0 Å². The number of carbonyl (C=O) groups is 1. The zero-order valence-corrected chi connectivity index (χ0v) is 13.4. The van der Waals surface area contributed by atoms with Gasteiger partial charge < -0.3 is 20.4 Å². The van der Waals surface area contributed by atoms with Crippen LogP contribution in [0.3, 0.4) is 0 Å². The quantitative estimate of drug-likeness (QED) is 0.565. The summed E-state index contributed by atoms with van der Waals surface area (Å²) in [4.78, 5) is 15.6. The molecule has 0 bridgehead atoms. The predicted octanol–water partition coefficient (Wildman–Crippen LogP) is 2.49. The SMILES string of the molecule is CCNC(=NCc1cccc(NC(C)=O)c1)NCc1ccco1. The third-order valence-electron chi connectivity index (χ3n) is 3.02. The molecule has 0 atom stereocenters. The summed E-state index contributed by atoms with van der Waals surface area (Å²) in [6.07, 6.45) is 1.65. The number of hydrogen-bond donors (Lipinski definition) is 3. The summed E-state index contributed by atoms with van der Waals surface area (Å²) in [6, 6.07) is 11.4. The highest BCUT2D eigenvalue weighted by atomic mass is 16.3. The predicted molar refractivity (Wildman–Crippen MR) is 91.1 cm³/mol. The van der Waals surface area contributed by atoms with Gasteiger partial charge in [-0.05, 0) is 36.8 Å². The highest BCUT2D eigenvalue weighted by Crippen LogP contribution is 2.11. The summed E-state index contributed by atoms with van der Waals surface area (Å²) in [7, 11) is 0. The van der Waals surface area contributed by atoms with E-state index in [1.807, 2.05) is 43.3 Å². The van der Waals surface area contributed by atoms with Crippen LogP contribution in [0.25, 0.3) is 0 Å². The molecule has 1 amide bonds. The van der Waals surface area contributed by atoms with Crippen LogP contribution in [-0.2, 0) is 17.9 Å². The van der Waals surface area contributed by atoms with E-state index in [4.69, 9.17) is 4.42 Å². The fourth-order valence-corrected chi connectivity index (χ4v) is 2.05. The van der Waals surface area contributed by atoms with Crippen molar-refractivity contribution in [2.24, 2.45) is 4.99 Å². The zero-order valence-electron chi connectivity index (χ0n) is 13.4. The minimum Gasteiger partial charge on any atom is -0.467 e. The van der Waals surface area contributed by atoms with E-state index in [1.165, 1.54) is 6.92 Å². The second-order valence-electron chi connectivity index (χ2n) is 5.01. The Morgan fingerprint density at radius 3 is 2.78 bits per heavy atom. The van der Waals surface area contributed by atoms with Gasteiger partial charge in [0.2, 0.25) is 5.91 Å². The molecular formula is C17H22N4O2. The molecule has 2 rings (SSSR count). The van der Waals surface area contributed by atoms with Gasteiger partial charge in [0, 0.05) is 19.2 Å². The molecule has 0 radical (unpaired) electrons. The molecule has 122 valence electrons. The molecule has 0 fully saturated rings. The molecule has 1 heterocycles. The zero-order chi connectivity index (χ0) is 16.5. The molecule has 1 aromatic carbocycles.